The van der Waals surface area contributed by atoms with Crippen LogP contribution in [0.4, 0.5) is 5.69 Å². The standard InChI is InChI=1S/C19H16Cl2N2O/c1-13-10-19(24-23-13)15(11-14-4-2-3-5-18(14)21)12-22-17-8-6-16(20)7-9-17/h2-10,12,22H,11H2,1H3. The summed E-state index contributed by atoms with van der Waals surface area (Å²) in [7, 11) is 0. The lowest BCUT2D eigenvalue weighted by atomic mass is 10.0. The van der Waals surface area contributed by atoms with Crippen LogP contribution in [0, 0.1) is 6.92 Å². The maximum atomic E-state index is 6.29. The Bertz CT molecular complexity index is 854. The Labute approximate surface area is 150 Å². The second-order valence-electron chi connectivity index (χ2n) is 5.42. The molecule has 0 fully saturated rings. The predicted molar refractivity (Wildman–Crippen MR) is 99.4 cm³/mol. The van der Waals surface area contributed by atoms with Crippen molar-refractivity contribution < 1.29 is 4.52 Å². The van der Waals surface area contributed by atoms with Crippen LogP contribution in [0.25, 0.3) is 5.57 Å². The van der Waals surface area contributed by atoms with E-state index in [-0.39, 0.29) is 0 Å². The zero-order chi connectivity index (χ0) is 16.9. The van der Waals surface area contributed by atoms with Crippen molar-refractivity contribution in [3.05, 3.63) is 87.9 Å². The van der Waals surface area contributed by atoms with Crippen molar-refractivity contribution in [2.75, 3.05) is 5.32 Å². The fraction of sp³-hybridized carbons (Fsp3) is 0.105. The Morgan fingerprint density at radius 1 is 1.12 bits per heavy atom. The first-order valence-corrected chi connectivity index (χ1v) is 8.25. The topological polar surface area (TPSA) is 38.1 Å². The minimum Gasteiger partial charge on any atom is -0.361 e. The van der Waals surface area contributed by atoms with Crippen LogP contribution in [0.15, 0.2) is 65.3 Å². The monoisotopic (exact) mass is 358 g/mol. The van der Waals surface area contributed by atoms with E-state index in [0.717, 1.165) is 27.5 Å². The van der Waals surface area contributed by atoms with E-state index in [9.17, 15) is 0 Å². The van der Waals surface area contributed by atoms with Gasteiger partial charge in [-0.1, -0.05) is 46.6 Å². The molecule has 0 aliphatic rings. The van der Waals surface area contributed by atoms with Gasteiger partial charge in [-0.2, -0.15) is 0 Å². The minimum absolute atomic E-state index is 0.634. The second kappa shape index (κ2) is 7.56. The number of aryl methyl sites for hydroxylation is 1. The van der Waals surface area contributed by atoms with Crippen molar-refractivity contribution in [1.29, 1.82) is 0 Å². The summed E-state index contributed by atoms with van der Waals surface area (Å²) in [6, 6.07) is 17.2. The molecule has 24 heavy (non-hydrogen) atoms. The summed E-state index contributed by atoms with van der Waals surface area (Å²) in [5.74, 6) is 0.717. The molecule has 3 nitrogen and oxygen atoms in total. The van der Waals surface area contributed by atoms with Gasteiger partial charge in [-0.05, 0) is 42.8 Å². The molecule has 0 unspecified atom stereocenters. The van der Waals surface area contributed by atoms with Crippen LogP contribution < -0.4 is 5.32 Å². The number of anilines is 1. The van der Waals surface area contributed by atoms with Crippen LogP contribution in [0.5, 0.6) is 0 Å². The summed E-state index contributed by atoms with van der Waals surface area (Å²) < 4.78 is 5.42. The molecule has 0 bridgehead atoms. The molecule has 1 heterocycles. The van der Waals surface area contributed by atoms with Gasteiger partial charge in [-0.15, -0.1) is 0 Å². The van der Waals surface area contributed by atoms with Crippen molar-refractivity contribution in [3.63, 3.8) is 0 Å². The van der Waals surface area contributed by atoms with Gasteiger partial charge in [-0.3, -0.25) is 0 Å². The third kappa shape index (κ3) is 4.19. The maximum absolute atomic E-state index is 6.29. The first kappa shape index (κ1) is 16.6. The maximum Gasteiger partial charge on any atom is 0.164 e. The SMILES string of the molecule is Cc1cc(C(=CNc2ccc(Cl)cc2)Cc2ccccc2Cl)on1. The van der Waals surface area contributed by atoms with Crippen LogP contribution >= 0.6 is 23.2 Å². The number of hydrogen-bond acceptors (Lipinski definition) is 3. The molecular formula is C19H16Cl2N2O. The summed E-state index contributed by atoms with van der Waals surface area (Å²) in [5.41, 5.74) is 3.75. The fourth-order valence-corrected chi connectivity index (χ4v) is 2.62. The number of halogens is 2. The molecule has 122 valence electrons. The van der Waals surface area contributed by atoms with Gasteiger partial charge in [0, 0.05) is 40.0 Å². The number of hydrogen-bond donors (Lipinski definition) is 1. The number of rotatable bonds is 5. The first-order chi connectivity index (χ1) is 11.6. The van der Waals surface area contributed by atoms with Crippen LogP contribution in [0.3, 0.4) is 0 Å². The van der Waals surface area contributed by atoms with Gasteiger partial charge < -0.3 is 9.84 Å². The van der Waals surface area contributed by atoms with Gasteiger partial charge in [0.05, 0.1) is 5.69 Å². The molecule has 0 amide bonds. The van der Waals surface area contributed by atoms with E-state index in [4.69, 9.17) is 27.7 Å². The van der Waals surface area contributed by atoms with E-state index >= 15 is 0 Å². The van der Waals surface area contributed by atoms with Crippen molar-refractivity contribution in [3.8, 4) is 0 Å². The average Bonchev–Trinajstić information content (AvgIpc) is 3.01. The Morgan fingerprint density at radius 2 is 1.88 bits per heavy atom. The smallest absolute Gasteiger partial charge is 0.164 e. The number of nitrogens with one attached hydrogen (secondary N) is 1. The Kier molecular flexibility index (Phi) is 5.24. The van der Waals surface area contributed by atoms with Crippen molar-refractivity contribution in [2.45, 2.75) is 13.3 Å². The van der Waals surface area contributed by atoms with Gasteiger partial charge in [0.25, 0.3) is 0 Å². The molecule has 0 saturated carbocycles. The third-order valence-electron chi connectivity index (χ3n) is 3.54. The number of benzene rings is 2. The zero-order valence-corrected chi connectivity index (χ0v) is 14.6. The summed E-state index contributed by atoms with van der Waals surface area (Å²) in [4.78, 5) is 0. The molecule has 3 rings (SSSR count). The van der Waals surface area contributed by atoms with Gasteiger partial charge >= 0.3 is 0 Å². The largest absolute Gasteiger partial charge is 0.361 e. The summed E-state index contributed by atoms with van der Waals surface area (Å²) >= 11 is 12.2. The number of aromatic nitrogens is 1. The molecule has 3 aromatic rings. The highest BCUT2D eigenvalue weighted by Gasteiger charge is 2.11. The predicted octanol–water partition coefficient (Wildman–Crippen LogP) is 5.99. The lowest BCUT2D eigenvalue weighted by molar-refractivity contribution is 0.405. The van der Waals surface area contributed by atoms with Gasteiger partial charge in [0.15, 0.2) is 5.76 Å². The van der Waals surface area contributed by atoms with Crippen LogP contribution in [0.2, 0.25) is 10.0 Å². The normalized spacial score (nSPS) is 11.5. The highest BCUT2D eigenvalue weighted by atomic mass is 35.5. The summed E-state index contributed by atoms with van der Waals surface area (Å²) in [6.45, 7) is 1.90. The lowest BCUT2D eigenvalue weighted by Crippen LogP contribution is -1.96. The number of nitrogens with zero attached hydrogens (tertiary/aromatic N) is 1. The molecule has 2 aromatic carbocycles. The van der Waals surface area contributed by atoms with Crippen molar-refractivity contribution >= 4 is 34.5 Å². The molecule has 0 aliphatic heterocycles. The summed E-state index contributed by atoms with van der Waals surface area (Å²) in [6.07, 6.45) is 2.54. The van der Waals surface area contributed by atoms with E-state index in [2.05, 4.69) is 10.5 Å². The van der Waals surface area contributed by atoms with E-state index in [0.29, 0.717) is 17.2 Å². The highest BCUT2D eigenvalue weighted by molar-refractivity contribution is 6.31. The van der Waals surface area contributed by atoms with Crippen molar-refractivity contribution in [1.82, 2.24) is 5.16 Å². The third-order valence-corrected chi connectivity index (χ3v) is 4.16. The molecule has 5 heteroatoms. The Balaban J connectivity index is 1.88. The van der Waals surface area contributed by atoms with Crippen LogP contribution in [0.1, 0.15) is 17.0 Å². The van der Waals surface area contributed by atoms with Gasteiger partial charge in [-0.25, -0.2) is 0 Å². The quantitative estimate of drug-likeness (QED) is 0.608. The average molecular weight is 359 g/mol. The molecule has 1 N–H and O–H groups in total. The van der Waals surface area contributed by atoms with E-state index < -0.39 is 0 Å². The molecule has 0 aliphatic carbocycles. The van der Waals surface area contributed by atoms with Gasteiger partial charge in [0.1, 0.15) is 0 Å². The molecular weight excluding hydrogens is 343 g/mol. The van der Waals surface area contributed by atoms with Crippen LogP contribution in [-0.4, -0.2) is 5.16 Å². The minimum atomic E-state index is 0.634. The molecule has 0 spiro atoms. The summed E-state index contributed by atoms with van der Waals surface area (Å²) in [5, 5.41) is 8.67. The van der Waals surface area contributed by atoms with Gasteiger partial charge in [0.2, 0.25) is 0 Å². The second-order valence-corrected chi connectivity index (χ2v) is 6.27. The van der Waals surface area contributed by atoms with E-state index in [1.165, 1.54) is 0 Å². The van der Waals surface area contributed by atoms with Crippen LogP contribution in [-0.2, 0) is 6.42 Å². The van der Waals surface area contributed by atoms with Crippen molar-refractivity contribution in [2.24, 2.45) is 0 Å². The molecule has 0 atom stereocenters. The fourth-order valence-electron chi connectivity index (χ4n) is 2.29. The molecule has 0 radical (unpaired) electrons. The Hall–Kier alpha value is -2.23. The Morgan fingerprint density at radius 3 is 2.54 bits per heavy atom. The van der Waals surface area contributed by atoms with E-state index in [1.54, 1.807) is 0 Å². The zero-order valence-electron chi connectivity index (χ0n) is 13.1. The lowest BCUT2D eigenvalue weighted by Gasteiger charge is -2.08. The first-order valence-electron chi connectivity index (χ1n) is 7.50. The molecule has 0 saturated heterocycles. The number of allylic oxidation sites excluding steroid dienone is 1. The highest BCUT2D eigenvalue weighted by Crippen LogP contribution is 2.25. The van der Waals surface area contributed by atoms with E-state index in [1.807, 2.05) is 67.7 Å². The molecule has 1 aromatic heterocycles.